The minimum atomic E-state index is -0.0768. The van der Waals surface area contributed by atoms with Gasteiger partial charge < -0.3 is 10.6 Å². The Kier molecular flexibility index (Phi) is 5.48. The third kappa shape index (κ3) is 3.37. The van der Waals surface area contributed by atoms with E-state index in [-0.39, 0.29) is 47.6 Å². The molecule has 0 radical (unpaired) electrons. The summed E-state index contributed by atoms with van der Waals surface area (Å²) in [5.74, 6) is 2.32. The number of guanidine groups is 1. The molecular formula is C21H31IN4O2. The Morgan fingerprint density at radius 2 is 1.79 bits per heavy atom. The lowest BCUT2D eigenvalue weighted by Gasteiger charge is -2.19. The van der Waals surface area contributed by atoms with Crippen molar-refractivity contribution in [1.82, 2.24) is 15.5 Å². The van der Waals surface area contributed by atoms with Crippen molar-refractivity contribution in [3.8, 4) is 0 Å². The molecule has 2 bridgehead atoms. The number of rotatable bonds is 7. The van der Waals surface area contributed by atoms with E-state index in [2.05, 4.69) is 27.8 Å². The van der Waals surface area contributed by atoms with Crippen LogP contribution in [-0.4, -0.2) is 49.4 Å². The first-order chi connectivity index (χ1) is 13.1. The van der Waals surface area contributed by atoms with Gasteiger partial charge in [0.1, 0.15) is 0 Å². The predicted octanol–water partition coefficient (Wildman–Crippen LogP) is 2.16. The van der Waals surface area contributed by atoms with Gasteiger partial charge in [-0.1, -0.05) is 12.2 Å². The van der Waals surface area contributed by atoms with Crippen LogP contribution < -0.4 is 10.6 Å². The summed E-state index contributed by atoms with van der Waals surface area (Å²) in [6, 6.07) is 0. The molecule has 4 atom stereocenters. The summed E-state index contributed by atoms with van der Waals surface area (Å²) in [5, 5.41) is 6.82. The number of imide groups is 1. The molecule has 5 rings (SSSR count). The third-order valence-electron chi connectivity index (χ3n) is 7.58. The highest BCUT2D eigenvalue weighted by molar-refractivity contribution is 14.0. The van der Waals surface area contributed by atoms with E-state index in [1.54, 1.807) is 7.05 Å². The van der Waals surface area contributed by atoms with Gasteiger partial charge in [-0.2, -0.15) is 0 Å². The van der Waals surface area contributed by atoms with Crippen LogP contribution in [0.2, 0.25) is 0 Å². The molecule has 5 aliphatic rings. The molecule has 1 heterocycles. The van der Waals surface area contributed by atoms with Crippen molar-refractivity contribution in [2.24, 2.45) is 40.0 Å². The zero-order chi connectivity index (χ0) is 18.6. The fourth-order valence-corrected chi connectivity index (χ4v) is 5.69. The topological polar surface area (TPSA) is 73.8 Å². The summed E-state index contributed by atoms with van der Waals surface area (Å²) >= 11 is 0. The van der Waals surface area contributed by atoms with Crippen molar-refractivity contribution in [1.29, 1.82) is 0 Å². The van der Waals surface area contributed by atoms with Gasteiger partial charge in [-0.25, -0.2) is 0 Å². The van der Waals surface area contributed by atoms with E-state index in [4.69, 9.17) is 0 Å². The Bertz CT molecular complexity index is 683. The van der Waals surface area contributed by atoms with Crippen molar-refractivity contribution >= 4 is 41.8 Å². The smallest absolute Gasteiger partial charge is 0.233 e. The Hall–Kier alpha value is -1.12. The largest absolute Gasteiger partial charge is 0.356 e. The number of carbonyl (C=O) groups is 2. The van der Waals surface area contributed by atoms with Crippen molar-refractivity contribution in [3.05, 3.63) is 12.2 Å². The molecule has 154 valence electrons. The molecule has 6 nitrogen and oxygen atoms in total. The average Bonchev–Trinajstić information content (AvgIpc) is 3.57. The molecule has 1 aliphatic heterocycles. The Balaban J connectivity index is 0.00000192. The van der Waals surface area contributed by atoms with Crippen LogP contribution in [0.1, 0.15) is 38.5 Å². The normalized spacial score (nSPS) is 34.5. The molecular weight excluding hydrogens is 467 g/mol. The van der Waals surface area contributed by atoms with E-state index >= 15 is 0 Å². The van der Waals surface area contributed by atoms with Crippen LogP contribution in [0.25, 0.3) is 0 Å². The number of carbonyl (C=O) groups excluding carboxylic acids is 2. The minimum absolute atomic E-state index is 0. The summed E-state index contributed by atoms with van der Waals surface area (Å²) < 4.78 is 0. The van der Waals surface area contributed by atoms with Crippen molar-refractivity contribution in [2.45, 2.75) is 38.5 Å². The van der Waals surface area contributed by atoms with Crippen molar-refractivity contribution in [3.63, 3.8) is 0 Å². The lowest BCUT2D eigenvalue weighted by Crippen LogP contribution is -2.42. The second-order valence-corrected chi connectivity index (χ2v) is 9.17. The van der Waals surface area contributed by atoms with Gasteiger partial charge in [0, 0.05) is 26.7 Å². The van der Waals surface area contributed by atoms with Gasteiger partial charge in [-0.15, -0.1) is 24.0 Å². The van der Waals surface area contributed by atoms with Crippen molar-refractivity contribution in [2.75, 3.05) is 26.7 Å². The monoisotopic (exact) mass is 498 g/mol. The number of allylic oxidation sites excluding steroid dienone is 2. The highest BCUT2D eigenvalue weighted by atomic mass is 127. The maximum atomic E-state index is 12.7. The van der Waals surface area contributed by atoms with Gasteiger partial charge in [0.2, 0.25) is 11.8 Å². The lowest BCUT2D eigenvalue weighted by atomic mass is 9.85. The van der Waals surface area contributed by atoms with E-state index in [0.29, 0.717) is 30.3 Å². The van der Waals surface area contributed by atoms with Crippen LogP contribution in [0.3, 0.4) is 0 Å². The Labute approximate surface area is 184 Å². The van der Waals surface area contributed by atoms with Crippen molar-refractivity contribution < 1.29 is 9.59 Å². The van der Waals surface area contributed by atoms with Gasteiger partial charge in [-0.05, 0) is 61.7 Å². The van der Waals surface area contributed by atoms with Crippen LogP contribution in [0.4, 0.5) is 0 Å². The summed E-state index contributed by atoms with van der Waals surface area (Å²) in [6.45, 7) is 2.24. The Morgan fingerprint density at radius 3 is 2.32 bits per heavy atom. The van der Waals surface area contributed by atoms with Crippen LogP contribution in [0, 0.1) is 35.0 Å². The molecule has 0 spiro atoms. The quantitative estimate of drug-likeness (QED) is 0.141. The lowest BCUT2D eigenvalue weighted by molar-refractivity contribution is -0.140. The van der Waals surface area contributed by atoms with Crippen LogP contribution >= 0.6 is 24.0 Å². The number of fused-ring (bicyclic) bond motifs is 5. The summed E-state index contributed by atoms with van der Waals surface area (Å²) in [6.07, 6.45) is 11.5. The van der Waals surface area contributed by atoms with Crippen LogP contribution in [0.15, 0.2) is 17.1 Å². The van der Waals surface area contributed by atoms with E-state index in [9.17, 15) is 9.59 Å². The summed E-state index contributed by atoms with van der Waals surface area (Å²) in [4.78, 5) is 31.2. The molecule has 28 heavy (non-hydrogen) atoms. The number of hydrogen-bond donors (Lipinski definition) is 2. The Morgan fingerprint density at radius 1 is 1.14 bits per heavy atom. The van der Waals surface area contributed by atoms with Gasteiger partial charge in [0.05, 0.1) is 11.8 Å². The highest BCUT2D eigenvalue weighted by Gasteiger charge is 2.59. The summed E-state index contributed by atoms with van der Waals surface area (Å²) in [7, 11) is 1.80. The number of nitrogens with one attached hydrogen (secondary N) is 2. The second-order valence-electron chi connectivity index (χ2n) is 9.17. The van der Waals surface area contributed by atoms with Crippen LogP contribution in [-0.2, 0) is 9.59 Å². The molecule has 2 amide bonds. The van der Waals surface area contributed by atoms with E-state index in [1.165, 1.54) is 30.6 Å². The molecule has 4 fully saturated rings. The number of aliphatic imine (C=N–C) groups is 1. The molecule has 2 N–H and O–H groups in total. The van der Waals surface area contributed by atoms with Gasteiger partial charge in [0.15, 0.2) is 5.96 Å². The first-order valence-electron chi connectivity index (χ1n) is 10.6. The molecule has 4 unspecified atom stereocenters. The molecule has 0 aromatic rings. The molecule has 4 aliphatic carbocycles. The third-order valence-corrected chi connectivity index (χ3v) is 7.58. The zero-order valence-electron chi connectivity index (χ0n) is 16.5. The summed E-state index contributed by atoms with van der Waals surface area (Å²) in [5.41, 5.74) is 0.539. The first-order valence-corrected chi connectivity index (χ1v) is 10.6. The molecule has 0 aromatic heterocycles. The number of nitrogens with zero attached hydrogens (tertiary/aromatic N) is 2. The molecule has 1 saturated heterocycles. The fourth-order valence-electron chi connectivity index (χ4n) is 5.69. The first kappa shape index (κ1) is 20.2. The predicted molar refractivity (Wildman–Crippen MR) is 118 cm³/mol. The maximum Gasteiger partial charge on any atom is 0.233 e. The number of amides is 2. The van der Waals surface area contributed by atoms with Gasteiger partial charge in [0.25, 0.3) is 0 Å². The maximum absolute atomic E-state index is 12.7. The number of halogens is 1. The minimum Gasteiger partial charge on any atom is -0.356 e. The van der Waals surface area contributed by atoms with Gasteiger partial charge in [-0.3, -0.25) is 19.5 Å². The molecule has 3 saturated carbocycles. The SMILES string of the molecule is CN=C(NCCCN1C(=O)C2C3C=CC(C3)C2C1=O)NCC1(C2CC2)CC1.I. The number of likely N-dealkylation sites (tertiary alicyclic amines) is 1. The standard InChI is InChI=1S/C21H30N4O2.HI/c1-22-20(24-12-21(7-8-21)15-5-6-15)23-9-2-10-25-18(26)16-13-3-4-14(11-13)17(16)19(25)27;/h3-4,13-17H,2,5-12H2,1H3,(H2,22,23,24);1H. The molecule has 7 heteroatoms. The molecule has 0 aromatic carbocycles. The second kappa shape index (κ2) is 7.61. The zero-order valence-corrected chi connectivity index (χ0v) is 18.9. The van der Waals surface area contributed by atoms with E-state index in [0.717, 1.165) is 31.3 Å². The highest BCUT2D eigenvalue weighted by Crippen LogP contribution is 2.60. The number of hydrogen-bond acceptors (Lipinski definition) is 3. The van der Waals surface area contributed by atoms with E-state index < -0.39 is 0 Å². The fraction of sp³-hybridized carbons (Fsp3) is 0.762. The average molecular weight is 498 g/mol. The van der Waals surface area contributed by atoms with E-state index in [1.807, 2.05) is 0 Å². The van der Waals surface area contributed by atoms with Crippen LogP contribution in [0.5, 0.6) is 0 Å². The van der Waals surface area contributed by atoms with Gasteiger partial charge >= 0.3 is 0 Å².